The maximum absolute atomic E-state index is 13.4. The number of amides is 2. The summed E-state index contributed by atoms with van der Waals surface area (Å²) in [6.45, 7) is 1.42. The Bertz CT molecular complexity index is 986. The molecule has 2 aromatic heterocycles. The topological polar surface area (TPSA) is 58.6 Å². The normalized spacial score (nSPS) is 18.3. The quantitative estimate of drug-likeness (QED) is 0.574. The van der Waals surface area contributed by atoms with Crippen molar-refractivity contribution in [3.05, 3.63) is 80.2 Å². The average molecular weight is 441 g/mol. The lowest BCUT2D eigenvalue weighted by atomic mass is 9.81. The third-order valence-corrected chi connectivity index (χ3v) is 7.06. The van der Waals surface area contributed by atoms with Crippen LogP contribution in [0.1, 0.15) is 38.3 Å². The number of thiophene rings is 2. The van der Waals surface area contributed by atoms with Crippen LogP contribution >= 0.6 is 22.7 Å². The lowest BCUT2D eigenvalue weighted by Crippen LogP contribution is -2.48. The summed E-state index contributed by atoms with van der Waals surface area (Å²) in [7, 11) is 1.62. The van der Waals surface area contributed by atoms with E-state index in [1.54, 1.807) is 34.7 Å². The molecule has 3 heterocycles. The predicted octanol–water partition coefficient (Wildman–Crippen LogP) is 4.10. The molecule has 30 heavy (non-hydrogen) atoms. The molecule has 3 aromatic rings. The smallest absolute Gasteiger partial charge is 0.254 e. The summed E-state index contributed by atoms with van der Waals surface area (Å²) in [6, 6.07) is 13.2. The summed E-state index contributed by atoms with van der Waals surface area (Å²) in [4.78, 5) is 29.6. The van der Waals surface area contributed by atoms with Gasteiger partial charge in [0.25, 0.3) is 5.91 Å². The van der Waals surface area contributed by atoms with Gasteiger partial charge in [-0.1, -0.05) is 24.3 Å². The van der Waals surface area contributed by atoms with E-state index in [0.29, 0.717) is 25.3 Å². The van der Waals surface area contributed by atoms with E-state index >= 15 is 0 Å². The van der Waals surface area contributed by atoms with E-state index in [1.165, 1.54) is 5.56 Å². The van der Waals surface area contributed by atoms with Gasteiger partial charge in [0.05, 0.1) is 18.6 Å². The second kappa shape index (κ2) is 9.55. The SMILES string of the molecule is COCCN1C(=O)c2ccccc2[C@@H](C(=O)NCCc2ccsc2)[C@@H]1c1cccs1. The third-order valence-electron chi connectivity index (χ3n) is 5.39. The highest BCUT2D eigenvalue weighted by molar-refractivity contribution is 7.10. The van der Waals surface area contributed by atoms with E-state index in [9.17, 15) is 9.59 Å². The largest absolute Gasteiger partial charge is 0.383 e. The van der Waals surface area contributed by atoms with Crippen molar-refractivity contribution >= 4 is 34.5 Å². The summed E-state index contributed by atoms with van der Waals surface area (Å²) in [5.41, 5.74) is 2.61. The maximum atomic E-state index is 13.4. The Labute approximate surface area is 184 Å². The number of carbonyl (C=O) groups is 2. The standard InChI is InChI=1S/C23H24N2O3S2/c1-28-12-11-25-21(19-7-4-13-30-19)20(17-5-2-3-6-18(17)23(25)27)22(26)24-10-8-16-9-14-29-15-16/h2-7,9,13-15,20-21H,8,10-12H2,1H3,(H,24,26)/t20-,21+/m1/s1. The second-order valence-electron chi connectivity index (χ2n) is 7.19. The van der Waals surface area contributed by atoms with Gasteiger partial charge in [-0.25, -0.2) is 0 Å². The van der Waals surface area contributed by atoms with Crippen LogP contribution in [0.25, 0.3) is 0 Å². The maximum Gasteiger partial charge on any atom is 0.254 e. The first-order chi connectivity index (χ1) is 14.7. The summed E-state index contributed by atoms with van der Waals surface area (Å²) < 4.78 is 5.26. The minimum absolute atomic E-state index is 0.0500. The highest BCUT2D eigenvalue weighted by Gasteiger charge is 2.44. The molecule has 0 unspecified atom stereocenters. The van der Waals surface area contributed by atoms with Crippen LogP contribution in [0.2, 0.25) is 0 Å². The molecule has 0 saturated heterocycles. The average Bonchev–Trinajstić information content (AvgIpc) is 3.47. The Kier molecular flexibility index (Phi) is 6.62. The number of benzene rings is 1. The van der Waals surface area contributed by atoms with Gasteiger partial charge in [-0.15, -0.1) is 11.3 Å². The molecule has 0 fully saturated rings. The van der Waals surface area contributed by atoms with Gasteiger partial charge in [0.1, 0.15) is 0 Å². The van der Waals surface area contributed by atoms with Crippen LogP contribution in [0, 0.1) is 0 Å². The van der Waals surface area contributed by atoms with E-state index in [0.717, 1.165) is 16.9 Å². The first-order valence-electron chi connectivity index (χ1n) is 9.91. The molecule has 0 saturated carbocycles. The van der Waals surface area contributed by atoms with E-state index in [1.807, 2.05) is 47.2 Å². The number of nitrogens with zero attached hydrogens (tertiary/aromatic N) is 1. The van der Waals surface area contributed by atoms with Gasteiger partial charge in [-0.3, -0.25) is 9.59 Å². The van der Waals surface area contributed by atoms with Crippen LogP contribution in [0.4, 0.5) is 0 Å². The van der Waals surface area contributed by atoms with Crippen LogP contribution in [0.3, 0.4) is 0 Å². The van der Waals surface area contributed by atoms with Crippen molar-refractivity contribution in [1.29, 1.82) is 0 Å². The summed E-state index contributed by atoms with van der Waals surface area (Å²) in [5, 5.41) is 9.24. The fraction of sp³-hybridized carbons (Fsp3) is 0.304. The van der Waals surface area contributed by atoms with Crippen molar-refractivity contribution in [2.24, 2.45) is 0 Å². The first-order valence-corrected chi connectivity index (χ1v) is 11.7. The number of ether oxygens (including phenoxy) is 1. The molecule has 1 aromatic carbocycles. The highest BCUT2D eigenvalue weighted by Crippen LogP contribution is 2.44. The molecule has 1 N–H and O–H groups in total. The monoisotopic (exact) mass is 440 g/mol. The zero-order valence-electron chi connectivity index (χ0n) is 16.7. The van der Waals surface area contributed by atoms with E-state index in [2.05, 4.69) is 16.8 Å². The summed E-state index contributed by atoms with van der Waals surface area (Å²) in [5.74, 6) is -0.564. The van der Waals surface area contributed by atoms with Gasteiger partial charge < -0.3 is 15.0 Å². The van der Waals surface area contributed by atoms with Crippen molar-refractivity contribution in [3.8, 4) is 0 Å². The number of hydrogen-bond donors (Lipinski definition) is 1. The fourth-order valence-corrected chi connectivity index (χ4v) is 5.54. The van der Waals surface area contributed by atoms with Crippen LogP contribution in [0.15, 0.2) is 58.6 Å². The lowest BCUT2D eigenvalue weighted by molar-refractivity contribution is -0.124. The zero-order chi connectivity index (χ0) is 20.9. The number of fused-ring (bicyclic) bond motifs is 1. The Morgan fingerprint density at radius 2 is 2.03 bits per heavy atom. The van der Waals surface area contributed by atoms with Gasteiger partial charge in [0.15, 0.2) is 0 Å². The van der Waals surface area contributed by atoms with E-state index in [-0.39, 0.29) is 17.9 Å². The first kappa shape index (κ1) is 20.8. The highest BCUT2D eigenvalue weighted by atomic mass is 32.1. The van der Waals surface area contributed by atoms with Crippen LogP contribution in [0.5, 0.6) is 0 Å². The van der Waals surface area contributed by atoms with Crippen LogP contribution in [-0.2, 0) is 16.0 Å². The Balaban J connectivity index is 1.67. The van der Waals surface area contributed by atoms with Gasteiger partial charge in [-0.2, -0.15) is 11.3 Å². The van der Waals surface area contributed by atoms with Crippen molar-refractivity contribution in [1.82, 2.24) is 10.2 Å². The Morgan fingerprint density at radius 3 is 2.77 bits per heavy atom. The van der Waals surface area contributed by atoms with Gasteiger partial charge in [0, 0.05) is 30.6 Å². The number of hydrogen-bond acceptors (Lipinski definition) is 5. The molecule has 0 bridgehead atoms. The molecule has 0 spiro atoms. The van der Waals surface area contributed by atoms with Gasteiger partial charge in [-0.05, 0) is 51.9 Å². The van der Waals surface area contributed by atoms with Crippen molar-refractivity contribution in [3.63, 3.8) is 0 Å². The molecule has 7 heteroatoms. The minimum atomic E-state index is -0.461. The second-order valence-corrected chi connectivity index (χ2v) is 8.95. The third kappa shape index (κ3) is 4.19. The van der Waals surface area contributed by atoms with Gasteiger partial charge in [0.2, 0.25) is 5.91 Å². The molecule has 0 aliphatic carbocycles. The number of methoxy groups -OCH3 is 1. The zero-order valence-corrected chi connectivity index (χ0v) is 18.4. The summed E-state index contributed by atoms with van der Waals surface area (Å²) >= 11 is 3.23. The molecule has 1 aliphatic rings. The molecular weight excluding hydrogens is 416 g/mol. The lowest BCUT2D eigenvalue weighted by Gasteiger charge is -2.41. The molecule has 2 amide bonds. The molecule has 156 valence electrons. The van der Waals surface area contributed by atoms with Crippen molar-refractivity contribution in [2.45, 2.75) is 18.4 Å². The van der Waals surface area contributed by atoms with Gasteiger partial charge >= 0.3 is 0 Å². The molecule has 4 rings (SSSR count). The number of carbonyl (C=O) groups excluding carboxylic acids is 2. The minimum Gasteiger partial charge on any atom is -0.383 e. The molecule has 0 radical (unpaired) electrons. The fourth-order valence-electron chi connectivity index (χ4n) is 3.96. The van der Waals surface area contributed by atoms with E-state index < -0.39 is 5.92 Å². The van der Waals surface area contributed by atoms with Crippen molar-refractivity contribution in [2.75, 3.05) is 26.8 Å². The number of nitrogens with one attached hydrogen (secondary N) is 1. The van der Waals surface area contributed by atoms with Crippen molar-refractivity contribution < 1.29 is 14.3 Å². The molecule has 5 nitrogen and oxygen atoms in total. The Morgan fingerprint density at radius 1 is 1.17 bits per heavy atom. The Hall–Kier alpha value is -2.48. The van der Waals surface area contributed by atoms with Crippen LogP contribution in [-0.4, -0.2) is 43.5 Å². The summed E-state index contributed by atoms with van der Waals surface area (Å²) in [6.07, 6.45) is 0.791. The molecule has 2 atom stereocenters. The predicted molar refractivity (Wildman–Crippen MR) is 120 cm³/mol. The number of rotatable bonds is 8. The molecule has 1 aliphatic heterocycles. The van der Waals surface area contributed by atoms with Crippen LogP contribution < -0.4 is 5.32 Å². The molecular formula is C23H24N2O3S2. The van der Waals surface area contributed by atoms with E-state index in [4.69, 9.17) is 4.74 Å².